The Bertz CT molecular complexity index is 324. The molecule has 0 radical (unpaired) electrons. The first-order valence-corrected chi connectivity index (χ1v) is 9.57. The van der Waals surface area contributed by atoms with Crippen LogP contribution in [0.5, 0.6) is 0 Å². The van der Waals surface area contributed by atoms with Crippen molar-refractivity contribution in [2.45, 2.75) is 39.5 Å². The molecule has 150 valence electrons. The van der Waals surface area contributed by atoms with E-state index in [-0.39, 0.29) is 24.0 Å². The summed E-state index contributed by atoms with van der Waals surface area (Å²) in [5.41, 5.74) is 0. The fourth-order valence-corrected chi connectivity index (χ4v) is 2.74. The first-order chi connectivity index (χ1) is 11.8. The van der Waals surface area contributed by atoms with E-state index in [1.54, 1.807) is 7.11 Å². The van der Waals surface area contributed by atoms with Crippen molar-refractivity contribution in [2.75, 3.05) is 66.2 Å². The number of halogens is 1. The molecule has 7 heteroatoms. The van der Waals surface area contributed by atoms with Gasteiger partial charge >= 0.3 is 0 Å². The number of rotatable bonds is 12. The van der Waals surface area contributed by atoms with Gasteiger partial charge in [-0.3, -0.25) is 4.99 Å². The van der Waals surface area contributed by atoms with Gasteiger partial charge in [0.25, 0.3) is 0 Å². The molecule has 1 rings (SSSR count). The number of hydrogen-bond donors (Lipinski definition) is 2. The summed E-state index contributed by atoms with van der Waals surface area (Å²) in [6.07, 6.45) is 4.80. The van der Waals surface area contributed by atoms with E-state index in [0.29, 0.717) is 13.2 Å². The molecule has 1 aliphatic heterocycles. The average Bonchev–Trinajstić information content (AvgIpc) is 2.59. The Hall–Kier alpha value is -0.120. The maximum Gasteiger partial charge on any atom is 0.191 e. The maximum atomic E-state index is 5.45. The van der Waals surface area contributed by atoms with E-state index in [2.05, 4.69) is 34.4 Å². The molecule has 1 aliphatic rings. The van der Waals surface area contributed by atoms with Crippen molar-refractivity contribution >= 4 is 29.9 Å². The van der Waals surface area contributed by atoms with E-state index in [1.807, 2.05) is 0 Å². The topological polar surface area (TPSA) is 58.1 Å². The van der Waals surface area contributed by atoms with Crippen LogP contribution in [0.15, 0.2) is 4.99 Å². The van der Waals surface area contributed by atoms with Crippen LogP contribution in [0.4, 0.5) is 0 Å². The highest BCUT2D eigenvalue weighted by Gasteiger charge is 2.14. The van der Waals surface area contributed by atoms with Crippen molar-refractivity contribution in [2.24, 2.45) is 10.9 Å². The van der Waals surface area contributed by atoms with Crippen LogP contribution in [0.25, 0.3) is 0 Å². The van der Waals surface area contributed by atoms with Crippen LogP contribution in [0.2, 0.25) is 0 Å². The molecule has 0 spiro atoms. The molecule has 0 aromatic carbocycles. The second-order valence-electron chi connectivity index (χ2n) is 6.52. The minimum absolute atomic E-state index is 0. The molecule has 0 bridgehead atoms. The Kier molecular flexibility index (Phi) is 17.2. The van der Waals surface area contributed by atoms with Crippen LogP contribution in [-0.2, 0) is 9.47 Å². The normalized spacial score (nSPS) is 16.5. The summed E-state index contributed by atoms with van der Waals surface area (Å²) in [6.45, 7) is 12.9. The summed E-state index contributed by atoms with van der Waals surface area (Å²) in [7, 11) is 1.69. The highest BCUT2D eigenvalue weighted by molar-refractivity contribution is 14.0. The Morgan fingerprint density at radius 1 is 1.12 bits per heavy atom. The van der Waals surface area contributed by atoms with E-state index in [9.17, 15) is 0 Å². The SMILES string of the molecule is CCNC(=NCCCOCCOC)NCCCN1CCC(C)CC1.I. The first-order valence-electron chi connectivity index (χ1n) is 9.57. The van der Waals surface area contributed by atoms with Gasteiger partial charge in [-0.25, -0.2) is 0 Å². The van der Waals surface area contributed by atoms with Gasteiger partial charge in [0.15, 0.2) is 5.96 Å². The first kappa shape index (κ1) is 24.9. The number of guanidine groups is 1. The van der Waals surface area contributed by atoms with Crippen LogP contribution in [0.3, 0.4) is 0 Å². The van der Waals surface area contributed by atoms with Gasteiger partial charge in [-0.2, -0.15) is 0 Å². The lowest BCUT2D eigenvalue weighted by atomic mass is 9.99. The molecule has 6 nitrogen and oxygen atoms in total. The van der Waals surface area contributed by atoms with E-state index in [4.69, 9.17) is 9.47 Å². The zero-order valence-electron chi connectivity index (χ0n) is 16.4. The number of nitrogens with zero attached hydrogens (tertiary/aromatic N) is 2. The number of piperidine rings is 1. The third-order valence-corrected chi connectivity index (χ3v) is 4.31. The third-order valence-electron chi connectivity index (χ3n) is 4.31. The van der Waals surface area contributed by atoms with Crippen LogP contribution < -0.4 is 10.6 Å². The van der Waals surface area contributed by atoms with E-state index >= 15 is 0 Å². The fourth-order valence-electron chi connectivity index (χ4n) is 2.74. The summed E-state index contributed by atoms with van der Waals surface area (Å²) in [5.74, 6) is 1.83. The molecule has 0 saturated carbocycles. The van der Waals surface area contributed by atoms with Crippen LogP contribution in [-0.4, -0.2) is 77.1 Å². The largest absolute Gasteiger partial charge is 0.382 e. The number of methoxy groups -OCH3 is 1. The van der Waals surface area contributed by atoms with Crippen LogP contribution in [0, 0.1) is 5.92 Å². The standard InChI is InChI=1S/C18H38N4O2.HI/c1-4-19-18(21-10-6-14-24-16-15-23-3)20-9-5-11-22-12-7-17(2)8-13-22;/h17H,4-16H2,1-3H3,(H2,19,20,21);1H. The van der Waals surface area contributed by atoms with Crippen molar-refractivity contribution in [1.29, 1.82) is 0 Å². The smallest absolute Gasteiger partial charge is 0.191 e. The summed E-state index contributed by atoms with van der Waals surface area (Å²) >= 11 is 0. The molecule has 1 fully saturated rings. The summed E-state index contributed by atoms with van der Waals surface area (Å²) < 4.78 is 10.4. The molecule has 1 saturated heterocycles. The van der Waals surface area contributed by atoms with E-state index in [0.717, 1.165) is 44.5 Å². The van der Waals surface area contributed by atoms with Crippen molar-refractivity contribution < 1.29 is 9.47 Å². The lowest BCUT2D eigenvalue weighted by molar-refractivity contribution is 0.0702. The second-order valence-corrected chi connectivity index (χ2v) is 6.52. The van der Waals surface area contributed by atoms with Crippen molar-refractivity contribution in [3.05, 3.63) is 0 Å². The molecule has 0 aliphatic carbocycles. The minimum Gasteiger partial charge on any atom is -0.382 e. The molecular weight excluding hydrogens is 431 g/mol. The van der Waals surface area contributed by atoms with Crippen LogP contribution in [0.1, 0.15) is 39.5 Å². The average molecular weight is 470 g/mol. The van der Waals surface area contributed by atoms with E-state index < -0.39 is 0 Å². The lowest BCUT2D eigenvalue weighted by Gasteiger charge is -2.30. The van der Waals surface area contributed by atoms with Gasteiger partial charge in [0, 0.05) is 33.4 Å². The molecule has 0 amide bonds. The van der Waals surface area contributed by atoms with Gasteiger partial charge in [-0.1, -0.05) is 6.92 Å². The monoisotopic (exact) mass is 470 g/mol. The molecule has 0 atom stereocenters. The van der Waals surface area contributed by atoms with Crippen molar-refractivity contribution in [3.8, 4) is 0 Å². The number of likely N-dealkylation sites (tertiary alicyclic amines) is 1. The Morgan fingerprint density at radius 3 is 2.56 bits per heavy atom. The molecular formula is C18H39IN4O2. The van der Waals surface area contributed by atoms with Crippen molar-refractivity contribution in [3.63, 3.8) is 0 Å². The summed E-state index contributed by atoms with van der Waals surface area (Å²) in [5, 5.41) is 6.73. The highest BCUT2D eigenvalue weighted by atomic mass is 127. The second kappa shape index (κ2) is 17.3. The predicted octanol–water partition coefficient (Wildman–Crippen LogP) is 2.33. The van der Waals surface area contributed by atoms with Gasteiger partial charge in [-0.05, 0) is 58.2 Å². The number of hydrogen-bond acceptors (Lipinski definition) is 4. The molecule has 2 N–H and O–H groups in total. The molecule has 25 heavy (non-hydrogen) atoms. The van der Waals surface area contributed by atoms with Gasteiger partial charge in [0.2, 0.25) is 0 Å². The van der Waals surface area contributed by atoms with E-state index in [1.165, 1.54) is 38.9 Å². The minimum atomic E-state index is 0. The van der Waals surface area contributed by atoms with Gasteiger partial charge in [0.05, 0.1) is 13.2 Å². The van der Waals surface area contributed by atoms with Crippen molar-refractivity contribution in [1.82, 2.24) is 15.5 Å². The quantitative estimate of drug-likeness (QED) is 0.199. The van der Waals surface area contributed by atoms with Gasteiger partial charge < -0.3 is 25.0 Å². The number of aliphatic imine (C=N–C) groups is 1. The highest BCUT2D eigenvalue weighted by Crippen LogP contribution is 2.15. The Balaban J connectivity index is 0.00000576. The fraction of sp³-hybridized carbons (Fsp3) is 0.944. The number of ether oxygens (including phenoxy) is 2. The Labute approximate surface area is 171 Å². The maximum absolute atomic E-state index is 5.45. The third kappa shape index (κ3) is 13.7. The molecule has 1 heterocycles. The predicted molar refractivity (Wildman–Crippen MR) is 116 cm³/mol. The lowest BCUT2D eigenvalue weighted by Crippen LogP contribution is -2.39. The summed E-state index contributed by atoms with van der Waals surface area (Å²) in [4.78, 5) is 7.18. The summed E-state index contributed by atoms with van der Waals surface area (Å²) in [6, 6.07) is 0. The zero-order chi connectivity index (χ0) is 17.5. The number of nitrogens with one attached hydrogen (secondary N) is 2. The van der Waals surface area contributed by atoms with Gasteiger partial charge in [0.1, 0.15) is 0 Å². The van der Waals surface area contributed by atoms with Crippen LogP contribution >= 0.6 is 24.0 Å². The Morgan fingerprint density at radius 2 is 1.88 bits per heavy atom. The molecule has 0 aromatic heterocycles. The molecule has 0 aromatic rings. The zero-order valence-corrected chi connectivity index (χ0v) is 18.7. The molecule has 0 unspecified atom stereocenters. The van der Waals surface area contributed by atoms with Gasteiger partial charge in [-0.15, -0.1) is 24.0 Å².